The quantitative estimate of drug-likeness (QED) is 0.542. The maximum absolute atomic E-state index is 13.1. The van der Waals surface area contributed by atoms with Crippen LogP contribution in [-0.2, 0) is 17.9 Å². The van der Waals surface area contributed by atoms with Gasteiger partial charge in [-0.25, -0.2) is 9.79 Å². The molecule has 0 radical (unpaired) electrons. The van der Waals surface area contributed by atoms with Gasteiger partial charge in [0.05, 0.1) is 6.54 Å². The molecular formula is C23H35N5O2. The van der Waals surface area contributed by atoms with Crippen molar-refractivity contribution in [1.29, 1.82) is 0 Å². The summed E-state index contributed by atoms with van der Waals surface area (Å²) in [6.45, 7) is 5.57. The zero-order valence-electron chi connectivity index (χ0n) is 18.2. The van der Waals surface area contributed by atoms with E-state index >= 15 is 0 Å². The van der Waals surface area contributed by atoms with E-state index in [9.17, 15) is 9.59 Å². The molecular weight excluding hydrogens is 378 g/mol. The predicted molar refractivity (Wildman–Crippen MR) is 119 cm³/mol. The first-order valence-electron chi connectivity index (χ1n) is 11.2. The number of benzene rings is 1. The fraction of sp³-hybridized carbons (Fsp3) is 0.609. The highest BCUT2D eigenvalue weighted by atomic mass is 16.2. The van der Waals surface area contributed by atoms with Crippen molar-refractivity contribution >= 4 is 17.9 Å². The van der Waals surface area contributed by atoms with E-state index < -0.39 is 5.54 Å². The number of carbonyl (C=O) groups is 2. The lowest BCUT2D eigenvalue weighted by atomic mass is 9.88. The fourth-order valence-electron chi connectivity index (χ4n) is 4.39. The molecule has 7 nitrogen and oxygen atoms in total. The number of unbranched alkanes of at least 4 members (excludes halogenated alkanes) is 1. The number of nitrogens with one attached hydrogen (secondary N) is 2. The van der Waals surface area contributed by atoms with Crippen LogP contribution in [-0.4, -0.2) is 34.9 Å². The summed E-state index contributed by atoms with van der Waals surface area (Å²) < 4.78 is 0. The fourth-order valence-corrected chi connectivity index (χ4v) is 4.39. The Kier molecular flexibility index (Phi) is 7.34. The first kappa shape index (κ1) is 22.1. The van der Waals surface area contributed by atoms with E-state index in [1.807, 2.05) is 31.2 Å². The van der Waals surface area contributed by atoms with Gasteiger partial charge >= 0.3 is 6.03 Å². The number of carbonyl (C=O) groups excluding carboxylic acids is 2. The zero-order chi connectivity index (χ0) is 21.6. The predicted octanol–water partition coefficient (Wildman–Crippen LogP) is 3.28. The van der Waals surface area contributed by atoms with Crippen molar-refractivity contribution in [2.24, 2.45) is 16.6 Å². The van der Waals surface area contributed by atoms with Crippen LogP contribution in [0.4, 0.5) is 4.79 Å². The number of urea groups is 1. The summed E-state index contributed by atoms with van der Waals surface area (Å²) in [7, 11) is 0. The Balaban J connectivity index is 1.52. The molecule has 30 heavy (non-hydrogen) atoms. The Hall–Kier alpha value is -2.57. The maximum atomic E-state index is 13.1. The summed E-state index contributed by atoms with van der Waals surface area (Å²) >= 11 is 0. The average molecular weight is 414 g/mol. The van der Waals surface area contributed by atoms with Gasteiger partial charge in [0.1, 0.15) is 5.54 Å². The van der Waals surface area contributed by atoms with Gasteiger partial charge in [-0.15, -0.1) is 0 Å². The normalized spacial score (nSPS) is 21.7. The van der Waals surface area contributed by atoms with Gasteiger partial charge in [-0.2, -0.15) is 0 Å². The molecule has 0 spiro atoms. The van der Waals surface area contributed by atoms with Gasteiger partial charge in [0.2, 0.25) is 0 Å². The van der Waals surface area contributed by atoms with Crippen molar-refractivity contribution in [3.63, 3.8) is 0 Å². The van der Waals surface area contributed by atoms with Gasteiger partial charge in [-0.05, 0) is 36.8 Å². The van der Waals surface area contributed by atoms with Crippen LogP contribution >= 0.6 is 0 Å². The van der Waals surface area contributed by atoms with Crippen LogP contribution in [0.15, 0.2) is 29.3 Å². The number of amides is 3. The molecule has 1 atom stereocenters. The number of hydrogen-bond donors (Lipinski definition) is 3. The molecule has 0 saturated heterocycles. The molecule has 3 amide bonds. The minimum Gasteiger partial charge on any atom is -0.369 e. The van der Waals surface area contributed by atoms with E-state index in [1.54, 1.807) is 4.90 Å². The Labute approximate surface area is 179 Å². The summed E-state index contributed by atoms with van der Waals surface area (Å²) in [5.41, 5.74) is 7.39. The standard InChI is InChI=1S/C23H35N5O2/c1-3-4-13-25-22(30)26-15-18-9-11-19(12-10-18)16-28-20(29)23(2,27-21(28)24)14-17-7-5-6-8-17/h9-12,17H,3-8,13-16H2,1-2H3,(H2,24,27)(H2,25,26,30). The number of nitrogens with two attached hydrogens (primary N) is 1. The van der Waals surface area contributed by atoms with Gasteiger partial charge < -0.3 is 16.4 Å². The van der Waals surface area contributed by atoms with Crippen LogP contribution < -0.4 is 16.4 Å². The van der Waals surface area contributed by atoms with E-state index in [0.29, 0.717) is 31.5 Å². The highest BCUT2D eigenvalue weighted by molar-refractivity contribution is 6.06. The Morgan fingerprint density at radius 2 is 1.87 bits per heavy atom. The molecule has 7 heteroatoms. The van der Waals surface area contributed by atoms with E-state index in [1.165, 1.54) is 25.7 Å². The summed E-state index contributed by atoms with van der Waals surface area (Å²) in [6, 6.07) is 7.72. The average Bonchev–Trinajstić information content (AvgIpc) is 3.30. The molecule has 2 aliphatic rings. The number of rotatable bonds is 9. The van der Waals surface area contributed by atoms with Gasteiger partial charge in [0.25, 0.3) is 5.91 Å². The van der Waals surface area contributed by atoms with Crippen molar-refractivity contribution in [1.82, 2.24) is 15.5 Å². The minimum absolute atomic E-state index is 0.00129. The maximum Gasteiger partial charge on any atom is 0.315 e. The van der Waals surface area contributed by atoms with Crippen LogP contribution in [0.1, 0.15) is 69.9 Å². The monoisotopic (exact) mass is 413 g/mol. The molecule has 1 aliphatic carbocycles. The summed E-state index contributed by atoms with van der Waals surface area (Å²) in [4.78, 5) is 31.0. The van der Waals surface area contributed by atoms with E-state index in [4.69, 9.17) is 5.73 Å². The van der Waals surface area contributed by atoms with Crippen molar-refractivity contribution in [2.45, 2.75) is 77.4 Å². The third-order valence-electron chi connectivity index (χ3n) is 6.14. The van der Waals surface area contributed by atoms with E-state index in [2.05, 4.69) is 22.5 Å². The van der Waals surface area contributed by atoms with Crippen molar-refractivity contribution in [3.8, 4) is 0 Å². The van der Waals surface area contributed by atoms with E-state index in [-0.39, 0.29) is 11.9 Å². The smallest absolute Gasteiger partial charge is 0.315 e. The molecule has 1 heterocycles. The molecule has 1 unspecified atom stereocenters. The summed E-state index contributed by atoms with van der Waals surface area (Å²) in [5, 5.41) is 5.69. The Morgan fingerprint density at radius 1 is 1.20 bits per heavy atom. The lowest BCUT2D eigenvalue weighted by Gasteiger charge is -2.24. The van der Waals surface area contributed by atoms with Gasteiger partial charge in [-0.3, -0.25) is 9.69 Å². The third kappa shape index (κ3) is 5.52. The highest BCUT2D eigenvalue weighted by Crippen LogP contribution is 2.36. The van der Waals surface area contributed by atoms with Gasteiger partial charge in [0, 0.05) is 13.1 Å². The van der Waals surface area contributed by atoms with Gasteiger partial charge in [0.15, 0.2) is 5.96 Å². The topological polar surface area (TPSA) is 99.8 Å². The van der Waals surface area contributed by atoms with Crippen molar-refractivity contribution in [3.05, 3.63) is 35.4 Å². The molecule has 0 aromatic heterocycles. The highest BCUT2D eigenvalue weighted by Gasteiger charge is 2.45. The lowest BCUT2D eigenvalue weighted by Crippen LogP contribution is -2.43. The first-order valence-corrected chi connectivity index (χ1v) is 11.2. The van der Waals surface area contributed by atoms with E-state index in [0.717, 1.165) is 30.4 Å². The third-order valence-corrected chi connectivity index (χ3v) is 6.14. The van der Waals surface area contributed by atoms with Crippen molar-refractivity contribution < 1.29 is 9.59 Å². The molecule has 4 N–H and O–H groups in total. The van der Waals surface area contributed by atoms with Gasteiger partial charge in [-0.1, -0.05) is 63.3 Å². The zero-order valence-corrected chi connectivity index (χ0v) is 18.2. The molecule has 1 fully saturated rings. The molecule has 3 rings (SSSR count). The largest absolute Gasteiger partial charge is 0.369 e. The number of nitrogens with zero attached hydrogens (tertiary/aromatic N) is 2. The van der Waals surface area contributed by atoms with Crippen LogP contribution in [0, 0.1) is 5.92 Å². The van der Waals surface area contributed by atoms with Crippen LogP contribution in [0.25, 0.3) is 0 Å². The second-order valence-electron chi connectivity index (χ2n) is 8.77. The minimum atomic E-state index is -0.728. The Morgan fingerprint density at radius 3 is 2.53 bits per heavy atom. The first-order chi connectivity index (χ1) is 14.4. The van der Waals surface area contributed by atoms with Crippen LogP contribution in [0.2, 0.25) is 0 Å². The molecule has 0 bridgehead atoms. The summed E-state index contributed by atoms with van der Waals surface area (Å²) in [6.07, 6.45) is 7.68. The molecule has 1 saturated carbocycles. The second kappa shape index (κ2) is 9.96. The van der Waals surface area contributed by atoms with Crippen molar-refractivity contribution in [2.75, 3.05) is 6.54 Å². The Bertz CT molecular complexity index is 770. The lowest BCUT2D eigenvalue weighted by molar-refractivity contribution is -0.131. The molecule has 1 aliphatic heterocycles. The number of hydrogen-bond acceptors (Lipinski definition) is 4. The van der Waals surface area contributed by atoms with Crippen LogP contribution in [0.3, 0.4) is 0 Å². The van der Waals surface area contributed by atoms with Crippen LogP contribution in [0.5, 0.6) is 0 Å². The second-order valence-corrected chi connectivity index (χ2v) is 8.77. The number of guanidine groups is 1. The SMILES string of the molecule is CCCCNC(=O)NCc1ccc(CN2C(=O)C(C)(CC3CCCC3)N=C2N)cc1. The number of aliphatic imine (C=N–C) groups is 1. The summed E-state index contributed by atoms with van der Waals surface area (Å²) in [5.74, 6) is 0.887. The molecule has 1 aromatic rings. The molecule has 1 aromatic carbocycles. The molecule has 164 valence electrons.